The van der Waals surface area contributed by atoms with Gasteiger partial charge in [-0.15, -0.1) is 0 Å². The van der Waals surface area contributed by atoms with E-state index in [9.17, 15) is 4.79 Å². The fraction of sp³-hybridized carbons (Fsp3) is 0.667. The quantitative estimate of drug-likeness (QED) is 0.814. The number of carbonyl (C=O) groups excluding carboxylic acids is 1. The molecule has 0 spiro atoms. The van der Waals surface area contributed by atoms with Crippen molar-refractivity contribution < 1.29 is 4.79 Å². The molecule has 1 aliphatic rings. The highest BCUT2D eigenvalue weighted by molar-refractivity contribution is 5.76. The molecule has 0 aliphatic carbocycles. The molecule has 1 saturated heterocycles. The first-order chi connectivity index (χ1) is 8.16. The molecule has 1 aliphatic heterocycles. The minimum absolute atomic E-state index is 0.0391. The van der Waals surface area contributed by atoms with E-state index >= 15 is 0 Å². The van der Waals surface area contributed by atoms with Gasteiger partial charge in [0.25, 0.3) is 0 Å². The molecule has 17 heavy (non-hydrogen) atoms. The van der Waals surface area contributed by atoms with Gasteiger partial charge in [0.2, 0.25) is 5.91 Å². The summed E-state index contributed by atoms with van der Waals surface area (Å²) in [5.74, 6) is 0.0391. The van der Waals surface area contributed by atoms with E-state index in [1.54, 1.807) is 6.33 Å². The van der Waals surface area contributed by atoms with E-state index in [-0.39, 0.29) is 11.9 Å². The van der Waals surface area contributed by atoms with Gasteiger partial charge in [-0.3, -0.25) is 4.79 Å². The van der Waals surface area contributed by atoms with Crippen molar-refractivity contribution >= 4 is 5.91 Å². The van der Waals surface area contributed by atoms with Crippen molar-refractivity contribution in [3.63, 3.8) is 0 Å². The molecule has 2 N–H and O–H groups in total. The van der Waals surface area contributed by atoms with Gasteiger partial charge in [-0.05, 0) is 33.2 Å². The number of nitrogens with one attached hydrogen (secondary N) is 2. The van der Waals surface area contributed by atoms with Crippen LogP contribution in [0.1, 0.15) is 38.4 Å². The molecule has 2 heterocycles. The molecule has 0 radical (unpaired) electrons. The smallest absolute Gasteiger partial charge is 0.240 e. The zero-order valence-corrected chi connectivity index (χ0v) is 10.4. The molecular formula is C12H20N4O. The van der Waals surface area contributed by atoms with Crippen LogP contribution in [0, 0.1) is 0 Å². The van der Waals surface area contributed by atoms with Gasteiger partial charge in [-0.1, -0.05) is 0 Å². The second kappa shape index (κ2) is 5.31. The van der Waals surface area contributed by atoms with E-state index in [2.05, 4.69) is 15.6 Å². The van der Waals surface area contributed by atoms with Crippen LogP contribution in [0.15, 0.2) is 12.5 Å². The molecule has 0 aromatic carbocycles. The molecule has 5 nitrogen and oxygen atoms in total. The standard InChI is InChI=1S/C12H20N4O/c1-9(2)15-12(17)7-16-8-13-6-11(16)10-4-3-5-14-10/h6,8-10,14H,3-5,7H2,1-2H3,(H,15,17)/t10-/m0/s1. The summed E-state index contributed by atoms with van der Waals surface area (Å²) in [5.41, 5.74) is 1.11. The minimum Gasteiger partial charge on any atom is -0.352 e. The average molecular weight is 236 g/mol. The second-order valence-electron chi connectivity index (χ2n) is 4.82. The molecule has 0 bridgehead atoms. The second-order valence-corrected chi connectivity index (χ2v) is 4.82. The Morgan fingerprint density at radius 1 is 1.71 bits per heavy atom. The Labute approximate surface area is 102 Å². The normalized spacial score (nSPS) is 19.8. The SMILES string of the molecule is CC(C)NC(=O)Cn1cncc1[C@@H]1CCCN1. The predicted molar refractivity (Wildman–Crippen MR) is 65.5 cm³/mol. The molecule has 1 aromatic heterocycles. The van der Waals surface area contributed by atoms with Gasteiger partial charge in [0.1, 0.15) is 6.54 Å². The maximum atomic E-state index is 11.7. The summed E-state index contributed by atoms with van der Waals surface area (Å²) in [5, 5.41) is 6.31. The molecule has 0 unspecified atom stereocenters. The van der Waals surface area contributed by atoms with Crippen LogP contribution in [0.3, 0.4) is 0 Å². The summed E-state index contributed by atoms with van der Waals surface area (Å²) in [6.45, 7) is 5.33. The average Bonchev–Trinajstić information content (AvgIpc) is 2.84. The van der Waals surface area contributed by atoms with E-state index in [0.717, 1.165) is 18.7 Å². The molecule has 1 atom stereocenters. The van der Waals surface area contributed by atoms with Gasteiger partial charge in [0, 0.05) is 18.3 Å². The Bertz CT molecular complexity index is 380. The third-order valence-corrected chi connectivity index (χ3v) is 2.93. The summed E-state index contributed by atoms with van der Waals surface area (Å²) in [4.78, 5) is 15.8. The Kier molecular flexibility index (Phi) is 3.78. The van der Waals surface area contributed by atoms with Gasteiger partial charge in [0.15, 0.2) is 0 Å². The van der Waals surface area contributed by atoms with Crippen molar-refractivity contribution in [3.8, 4) is 0 Å². The van der Waals surface area contributed by atoms with Gasteiger partial charge >= 0.3 is 0 Å². The highest BCUT2D eigenvalue weighted by atomic mass is 16.2. The van der Waals surface area contributed by atoms with E-state index in [1.165, 1.54) is 6.42 Å². The molecule has 94 valence electrons. The fourth-order valence-corrected chi connectivity index (χ4v) is 2.21. The number of rotatable bonds is 4. The van der Waals surface area contributed by atoms with Gasteiger partial charge in [-0.2, -0.15) is 0 Å². The van der Waals surface area contributed by atoms with Crippen LogP contribution in [0.5, 0.6) is 0 Å². The minimum atomic E-state index is 0.0391. The number of nitrogens with zero attached hydrogens (tertiary/aromatic N) is 2. The zero-order valence-electron chi connectivity index (χ0n) is 10.4. The lowest BCUT2D eigenvalue weighted by Gasteiger charge is -2.14. The summed E-state index contributed by atoms with van der Waals surface area (Å²) in [6, 6.07) is 0.531. The first kappa shape index (κ1) is 12.1. The van der Waals surface area contributed by atoms with Crippen LogP contribution >= 0.6 is 0 Å². The summed E-state index contributed by atoms with van der Waals surface area (Å²) < 4.78 is 1.93. The molecule has 2 rings (SSSR count). The van der Waals surface area contributed by atoms with Gasteiger partial charge < -0.3 is 15.2 Å². The highest BCUT2D eigenvalue weighted by Gasteiger charge is 2.20. The van der Waals surface area contributed by atoms with Crippen molar-refractivity contribution in [3.05, 3.63) is 18.2 Å². The van der Waals surface area contributed by atoms with Crippen molar-refractivity contribution in [2.75, 3.05) is 6.54 Å². The van der Waals surface area contributed by atoms with Gasteiger partial charge in [0.05, 0.1) is 12.0 Å². The van der Waals surface area contributed by atoms with Crippen LogP contribution in [-0.4, -0.2) is 28.0 Å². The topological polar surface area (TPSA) is 59.0 Å². The van der Waals surface area contributed by atoms with Crippen molar-refractivity contribution in [1.82, 2.24) is 20.2 Å². The molecule has 1 aromatic rings. The Hall–Kier alpha value is -1.36. The van der Waals surface area contributed by atoms with E-state index < -0.39 is 0 Å². The molecular weight excluding hydrogens is 216 g/mol. The number of amides is 1. The summed E-state index contributed by atoms with van der Waals surface area (Å²) in [6.07, 6.45) is 5.90. The number of hydrogen-bond donors (Lipinski definition) is 2. The molecule has 1 fully saturated rings. The van der Waals surface area contributed by atoms with Crippen LogP contribution in [0.25, 0.3) is 0 Å². The number of imidazole rings is 1. The number of carbonyl (C=O) groups is 1. The largest absolute Gasteiger partial charge is 0.352 e. The number of aromatic nitrogens is 2. The third-order valence-electron chi connectivity index (χ3n) is 2.93. The van der Waals surface area contributed by atoms with Crippen molar-refractivity contribution in [2.24, 2.45) is 0 Å². The summed E-state index contributed by atoms with van der Waals surface area (Å²) >= 11 is 0. The molecule has 1 amide bonds. The third kappa shape index (κ3) is 3.06. The lowest BCUT2D eigenvalue weighted by molar-refractivity contribution is -0.122. The Morgan fingerprint density at radius 2 is 2.53 bits per heavy atom. The van der Waals surface area contributed by atoms with Crippen LogP contribution in [-0.2, 0) is 11.3 Å². The van der Waals surface area contributed by atoms with Crippen molar-refractivity contribution in [1.29, 1.82) is 0 Å². The lowest BCUT2D eigenvalue weighted by atomic mass is 10.2. The molecule has 0 saturated carbocycles. The maximum absolute atomic E-state index is 11.7. The van der Waals surface area contributed by atoms with E-state index in [0.29, 0.717) is 12.6 Å². The first-order valence-electron chi connectivity index (χ1n) is 6.19. The van der Waals surface area contributed by atoms with Crippen LogP contribution in [0.2, 0.25) is 0 Å². The highest BCUT2D eigenvalue weighted by Crippen LogP contribution is 2.22. The van der Waals surface area contributed by atoms with Crippen LogP contribution in [0.4, 0.5) is 0 Å². The van der Waals surface area contributed by atoms with E-state index in [1.807, 2.05) is 24.6 Å². The van der Waals surface area contributed by atoms with E-state index in [4.69, 9.17) is 0 Å². The number of hydrogen-bond acceptors (Lipinski definition) is 3. The first-order valence-corrected chi connectivity index (χ1v) is 6.19. The Morgan fingerprint density at radius 3 is 3.18 bits per heavy atom. The fourth-order valence-electron chi connectivity index (χ4n) is 2.21. The van der Waals surface area contributed by atoms with Gasteiger partial charge in [-0.25, -0.2) is 4.98 Å². The monoisotopic (exact) mass is 236 g/mol. The van der Waals surface area contributed by atoms with Crippen molar-refractivity contribution in [2.45, 2.75) is 45.3 Å². The molecule has 5 heteroatoms. The lowest BCUT2D eigenvalue weighted by Crippen LogP contribution is -2.33. The maximum Gasteiger partial charge on any atom is 0.240 e. The zero-order chi connectivity index (χ0) is 12.3. The van der Waals surface area contributed by atoms with Crippen LogP contribution < -0.4 is 10.6 Å². The predicted octanol–water partition coefficient (Wildman–Crippen LogP) is 0.832. The summed E-state index contributed by atoms with van der Waals surface area (Å²) in [7, 11) is 0. The Balaban J connectivity index is 2.01.